The topological polar surface area (TPSA) is 27.3 Å². The van der Waals surface area contributed by atoms with Crippen LogP contribution in [0.4, 0.5) is 0 Å². The highest BCUT2D eigenvalue weighted by Crippen LogP contribution is 1.85. The molecular formula is C9H23N3. The molecule has 74 valence electrons. The van der Waals surface area contributed by atoms with Crippen molar-refractivity contribution in [3.8, 4) is 0 Å². The summed E-state index contributed by atoms with van der Waals surface area (Å²) in [6.45, 7) is 9.63. The molecule has 0 amide bonds. The van der Waals surface area contributed by atoms with E-state index in [1.807, 2.05) is 0 Å². The summed E-state index contributed by atoms with van der Waals surface area (Å²) in [6.07, 6.45) is 3.66. The first kappa shape index (κ1) is 11.9. The van der Waals surface area contributed by atoms with Gasteiger partial charge in [-0.3, -0.25) is 0 Å². The zero-order valence-corrected chi connectivity index (χ0v) is 8.69. The molecule has 0 saturated heterocycles. The Kier molecular flexibility index (Phi) is 8.88. The summed E-state index contributed by atoms with van der Waals surface area (Å²) in [5.41, 5.74) is 6.61. The van der Waals surface area contributed by atoms with E-state index in [1.165, 1.54) is 19.3 Å². The van der Waals surface area contributed by atoms with Gasteiger partial charge in [0, 0.05) is 19.6 Å². The minimum absolute atomic E-state index is 0.985. The maximum Gasteiger partial charge on any atom is 0.0285 e. The zero-order valence-electron chi connectivity index (χ0n) is 8.69. The van der Waals surface area contributed by atoms with Crippen LogP contribution in [0, 0.1) is 0 Å². The van der Waals surface area contributed by atoms with Crippen LogP contribution >= 0.6 is 0 Å². The number of hydrogen-bond donors (Lipinski definition) is 2. The summed E-state index contributed by atoms with van der Waals surface area (Å²) in [7, 11) is 0. The van der Waals surface area contributed by atoms with Gasteiger partial charge >= 0.3 is 0 Å². The van der Waals surface area contributed by atoms with Crippen molar-refractivity contribution in [1.29, 1.82) is 0 Å². The van der Waals surface area contributed by atoms with Crippen molar-refractivity contribution in [1.82, 2.24) is 16.0 Å². The molecule has 0 bridgehead atoms. The third-order valence-electron chi connectivity index (χ3n) is 1.63. The fraction of sp³-hybridized carbons (Fsp3) is 1.00. The first-order chi connectivity index (χ1) is 5.85. The van der Waals surface area contributed by atoms with E-state index in [4.69, 9.17) is 0 Å². The predicted octanol–water partition coefficient (Wildman–Crippen LogP) is 1.53. The van der Waals surface area contributed by atoms with Crippen LogP contribution in [-0.4, -0.2) is 24.8 Å². The molecule has 0 aliphatic rings. The van der Waals surface area contributed by atoms with Gasteiger partial charge in [0.25, 0.3) is 0 Å². The number of rotatable bonds is 8. The van der Waals surface area contributed by atoms with Gasteiger partial charge in [0.05, 0.1) is 0 Å². The highest BCUT2D eigenvalue weighted by Gasteiger charge is 1.98. The van der Waals surface area contributed by atoms with Crippen LogP contribution in [0.25, 0.3) is 0 Å². The molecule has 0 fully saturated rings. The highest BCUT2D eigenvalue weighted by atomic mass is 15.7. The van der Waals surface area contributed by atoms with Gasteiger partial charge in [-0.25, -0.2) is 10.9 Å². The lowest BCUT2D eigenvalue weighted by Crippen LogP contribution is -2.48. The van der Waals surface area contributed by atoms with Crippen molar-refractivity contribution < 1.29 is 0 Å². The number of nitrogens with one attached hydrogen (secondary N) is 2. The Balaban J connectivity index is 3.34. The van der Waals surface area contributed by atoms with Gasteiger partial charge in [0.1, 0.15) is 0 Å². The monoisotopic (exact) mass is 173 g/mol. The maximum absolute atomic E-state index is 3.34. The average Bonchev–Trinajstić information content (AvgIpc) is 2.06. The Morgan fingerprint density at radius 2 is 1.75 bits per heavy atom. The first-order valence-corrected chi connectivity index (χ1v) is 5.09. The number of nitrogens with zero attached hydrogens (tertiary/aromatic N) is 1. The van der Waals surface area contributed by atoms with E-state index in [2.05, 4.69) is 36.7 Å². The standard InChI is InChI=1S/C9H23N3/c1-4-7-8-11-12(9-5-2)10-6-3/h10-11H,4-9H2,1-3H3. The van der Waals surface area contributed by atoms with Gasteiger partial charge in [-0.05, 0) is 12.8 Å². The van der Waals surface area contributed by atoms with Crippen molar-refractivity contribution in [2.24, 2.45) is 0 Å². The third-order valence-corrected chi connectivity index (χ3v) is 1.63. The molecule has 3 heteroatoms. The largest absolute Gasteiger partial charge is 0.242 e. The molecule has 3 nitrogen and oxygen atoms in total. The van der Waals surface area contributed by atoms with E-state index in [9.17, 15) is 0 Å². The Morgan fingerprint density at radius 3 is 2.25 bits per heavy atom. The van der Waals surface area contributed by atoms with E-state index >= 15 is 0 Å². The van der Waals surface area contributed by atoms with Crippen LogP contribution in [0.3, 0.4) is 0 Å². The van der Waals surface area contributed by atoms with Gasteiger partial charge in [-0.1, -0.05) is 27.2 Å². The number of unbranched alkanes of at least 4 members (excludes halogenated alkanes) is 1. The smallest absolute Gasteiger partial charge is 0.0285 e. The Bertz CT molecular complexity index is 79.8. The van der Waals surface area contributed by atoms with Gasteiger partial charge in [0.2, 0.25) is 0 Å². The molecule has 0 aromatic rings. The second-order valence-corrected chi connectivity index (χ2v) is 2.92. The number of hydrazine groups is 2. The van der Waals surface area contributed by atoms with Crippen molar-refractivity contribution in [2.45, 2.75) is 40.0 Å². The summed E-state index contributed by atoms with van der Waals surface area (Å²) >= 11 is 0. The van der Waals surface area contributed by atoms with Crippen molar-refractivity contribution in [2.75, 3.05) is 19.6 Å². The molecule has 0 heterocycles. The molecule has 0 atom stereocenters. The van der Waals surface area contributed by atoms with Gasteiger partial charge in [0.15, 0.2) is 0 Å². The molecule has 0 rings (SSSR count). The molecule has 0 aliphatic heterocycles. The SMILES string of the molecule is CCCCNN(CCC)NCC. The predicted molar refractivity (Wildman–Crippen MR) is 53.6 cm³/mol. The molecule has 0 aliphatic carbocycles. The third kappa shape index (κ3) is 6.58. The Morgan fingerprint density at radius 1 is 1.00 bits per heavy atom. The van der Waals surface area contributed by atoms with Crippen molar-refractivity contribution in [3.05, 3.63) is 0 Å². The van der Waals surface area contributed by atoms with Crippen LogP contribution < -0.4 is 10.9 Å². The number of hydrogen-bond acceptors (Lipinski definition) is 3. The second kappa shape index (κ2) is 8.97. The summed E-state index contributed by atoms with van der Waals surface area (Å²) in [5, 5.41) is 2.09. The molecule has 0 saturated carbocycles. The fourth-order valence-corrected chi connectivity index (χ4v) is 1.02. The zero-order chi connectivity index (χ0) is 9.23. The second-order valence-electron chi connectivity index (χ2n) is 2.92. The van der Waals surface area contributed by atoms with Crippen LogP contribution in [0.1, 0.15) is 40.0 Å². The van der Waals surface area contributed by atoms with E-state index < -0.39 is 0 Å². The molecule has 2 N–H and O–H groups in total. The van der Waals surface area contributed by atoms with Gasteiger partial charge in [-0.2, -0.15) is 5.12 Å². The molecular weight excluding hydrogens is 150 g/mol. The summed E-state index contributed by atoms with van der Waals surface area (Å²) in [5.74, 6) is 0. The average molecular weight is 173 g/mol. The van der Waals surface area contributed by atoms with E-state index in [0.29, 0.717) is 0 Å². The lowest BCUT2D eigenvalue weighted by atomic mass is 10.3. The van der Waals surface area contributed by atoms with Gasteiger partial charge in [-0.15, -0.1) is 0 Å². The minimum Gasteiger partial charge on any atom is -0.242 e. The van der Waals surface area contributed by atoms with Crippen molar-refractivity contribution >= 4 is 0 Å². The van der Waals surface area contributed by atoms with E-state index in [-0.39, 0.29) is 0 Å². The molecule has 0 aromatic heterocycles. The highest BCUT2D eigenvalue weighted by molar-refractivity contribution is 4.45. The lowest BCUT2D eigenvalue weighted by Gasteiger charge is -2.22. The van der Waals surface area contributed by atoms with E-state index in [1.54, 1.807) is 0 Å². The van der Waals surface area contributed by atoms with Gasteiger partial charge < -0.3 is 0 Å². The van der Waals surface area contributed by atoms with E-state index in [0.717, 1.165) is 19.6 Å². The summed E-state index contributed by atoms with van der Waals surface area (Å²) in [4.78, 5) is 0. The summed E-state index contributed by atoms with van der Waals surface area (Å²) in [6, 6.07) is 0. The Hall–Kier alpha value is -0.120. The summed E-state index contributed by atoms with van der Waals surface area (Å²) < 4.78 is 0. The lowest BCUT2D eigenvalue weighted by molar-refractivity contribution is 0.116. The first-order valence-electron chi connectivity index (χ1n) is 5.09. The van der Waals surface area contributed by atoms with Crippen molar-refractivity contribution in [3.63, 3.8) is 0 Å². The molecule has 12 heavy (non-hydrogen) atoms. The molecule has 0 radical (unpaired) electrons. The Labute approximate surface area is 76.5 Å². The maximum atomic E-state index is 3.34. The molecule has 0 unspecified atom stereocenters. The van der Waals surface area contributed by atoms with Crippen LogP contribution in [-0.2, 0) is 0 Å². The quantitative estimate of drug-likeness (QED) is 0.430. The minimum atomic E-state index is 0.985. The fourth-order valence-electron chi connectivity index (χ4n) is 1.02. The molecule has 0 aromatic carbocycles. The van der Waals surface area contributed by atoms with Crippen LogP contribution in [0.15, 0.2) is 0 Å². The van der Waals surface area contributed by atoms with Crippen LogP contribution in [0.2, 0.25) is 0 Å². The normalized spacial score (nSPS) is 11.0. The molecule has 0 spiro atoms. The van der Waals surface area contributed by atoms with Crippen LogP contribution in [0.5, 0.6) is 0 Å².